The molecule has 0 aliphatic heterocycles. The van der Waals surface area contributed by atoms with Crippen molar-refractivity contribution in [3.8, 4) is 0 Å². The predicted octanol–water partition coefficient (Wildman–Crippen LogP) is 2.93. The third kappa shape index (κ3) is 3.46. The summed E-state index contributed by atoms with van der Waals surface area (Å²) in [6, 6.07) is 6.07. The van der Waals surface area contributed by atoms with E-state index in [-0.39, 0.29) is 5.91 Å². The van der Waals surface area contributed by atoms with Gasteiger partial charge in [-0.15, -0.1) is 0 Å². The van der Waals surface area contributed by atoms with Crippen molar-refractivity contribution >= 4 is 33.4 Å². The van der Waals surface area contributed by atoms with E-state index < -0.39 is 0 Å². The Morgan fingerprint density at radius 3 is 2.94 bits per heavy atom. The molecular formula is C13H16BrClN2O. The van der Waals surface area contributed by atoms with Crippen molar-refractivity contribution in [2.24, 2.45) is 0 Å². The van der Waals surface area contributed by atoms with Crippen LogP contribution in [0.3, 0.4) is 0 Å². The molecule has 98 valence electrons. The van der Waals surface area contributed by atoms with Gasteiger partial charge in [0.05, 0.1) is 10.6 Å². The van der Waals surface area contributed by atoms with E-state index in [1.807, 2.05) is 6.07 Å². The largest absolute Gasteiger partial charge is 0.351 e. The number of hydrogen-bond acceptors (Lipinski definition) is 2. The monoisotopic (exact) mass is 330 g/mol. The molecule has 1 amide bonds. The van der Waals surface area contributed by atoms with Crippen LogP contribution in [0.15, 0.2) is 22.7 Å². The first kappa shape index (κ1) is 13.8. The molecule has 1 aromatic rings. The molecule has 1 aliphatic carbocycles. The highest BCUT2D eigenvalue weighted by atomic mass is 79.9. The first-order chi connectivity index (χ1) is 8.59. The maximum absolute atomic E-state index is 11.9. The minimum atomic E-state index is -0.120. The van der Waals surface area contributed by atoms with E-state index in [0.29, 0.717) is 17.1 Å². The van der Waals surface area contributed by atoms with Crippen LogP contribution in [0.4, 0.5) is 0 Å². The fourth-order valence-electron chi connectivity index (χ4n) is 1.82. The zero-order chi connectivity index (χ0) is 13.1. The molecule has 18 heavy (non-hydrogen) atoms. The highest BCUT2D eigenvalue weighted by Gasteiger charge is 2.25. The number of nitrogens with one attached hydrogen (secondary N) is 1. The Labute approximate surface area is 121 Å². The second-order valence-corrected chi connectivity index (χ2v) is 5.80. The fourth-order valence-corrected chi connectivity index (χ4v) is 2.40. The highest BCUT2D eigenvalue weighted by Crippen LogP contribution is 2.26. The predicted molar refractivity (Wildman–Crippen MR) is 77.1 cm³/mol. The van der Waals surface area contributed by atoms with E-state index in [2.05, 4.69) is 33.2 Å². The lowest BCUT2D eigenvalue weighted by Crippen LogP contribution is -2.34. The van der Waals surface area contributed by atoms with E-state index in [4.69, 9.17) is 11.6 Å². The summed E-state index contributed by atoms with van der Waals surface area (Å²) in [5, 5.41) is 3.36. The van der Waals surface area contributed by atoms with Crippen molar-refractivity contribution < 1.29 is 4.79 Å². The number of likely N-dealkylation sites (N-methyl/N-ethyl adjacent to an activating group) is 1. The van der Waals surface area contributed by atoms with Crippen LogP contribution in [0.2, 0.25) is 5.02 Å². The Bertz CT molecular complexity index is 449. The molecule has 0 radical (unpaired) electrons. The lowest BCUT2D eigenvalue weighted by Gasteiger charge is -2.16. The van der Waals surface area contributed by atoms with Crippen molar-refractivity contribution in [3.05, 3.63) is 33.3 Å². The molecule has 1 aromatic carbocycles. The molecule has 3 nitrogen and oxygen atoms in total. The normalized spacial score (nSPS) is 14.9. The average molecular weight is 332 g/mol. The maximum Gasteiger partial charge on any atom is 0.252 e. The number of carbonyl (C=O) groups excluding carboxylic acids is 1. The second-order valence-electron chi connectivity index (χ2n) is 4.57. The van der Waals surface area contributed by atoms with E-state index in [0.717, 1.165) is 17.1 Å². The van der Waals surface area contributed by atoms with Crippen LogP contribution in [0.5, 0.6) is 0 Å². The van der Waals surface area contributed by atoms with Gasteiger partial charge in [0.2, 0.25) is 0 Å². The zero-order valence-corrected chi connectivity index (χ0v) is 12.6. The fraction of sp³-hybridized carbons (Fsp3) is 0.462. The van der Waals surface area contributed by atoms with Gasteiger partial charge >= 0.3 is 0 Å². The molecule has 0 atom stereocenters. The number of amides is 1. The molecule has 1 N–H and O–H groups in total. The van der Waals surface area contributed by atoms with Crippen LogP contribution in [-0.4, -0.2) is 37.0 Å². The van der Waals surface area contributed by atoms with Crippen LogP contribution in [0.25, 0.3) is 0 Å². The van der Waals surface area contributed by atoms with Gasteiger partial charge in [0.25, 0.3) is 5.91 Å². The van der Waals surface area contributed by atoms with Crippen LogP contribution in [0, 0.1) is 0 Å². The van der Waals surface area contributed by atoms with E-state index >= 15 is 0 Å². The molecule has 1 fully saturated rings. The SMILES string of the molecule is CN(CCNC(=O)c1cccc(Br)c1Cl)C1CC1. The third-order valence-electron chi connectivity index (χ3n) is 3.12. The Balaban J connectivity index is 1.85. The van der Waals surface area contributed by atoms with Gasteiger partial charge in [-0.05, 0) is 48.0 Å². The van der Waals surface area contributed by atoms with Gasteiger partial charge in [0, 0.05) is 23.6 Å². The van der Waals surface area contributed by atoms with Crippen LogP contribution >= 0.6 is 27.5 Å². The summed E-state index contributed by atoms with van der Waals surface area (Å²) < 4.78 is 0.743. The van der Waals surface area contributed by atoms with E-state index in [1.165, 1.54) is 12.8 Å². The highest BCUT2D eigenvalue weighted by molar-refractivity contribution is 9.10. The van der Waals surface area contributed by atoms with E-state index in [1.54, 1.807) is 12.1 Å². The minimum Gasteiger partial charge on any atom is -0.351 e. The molecule has 0 saturated heterocycles. The summed E-state index contributed by atoms with van der Waals surface area (Å²) in [4.78, 5) is 14.2. The van der Waals surface area contributed by atoms with Gasteiger partial charge in [-0.3, -0.25) is 4.79 Å². The van der Waals surface area contributed by atoms with Gasteiger partial charge in [0.1, 0.15) is 0 Å². The molecule has 1 aliphatic rings. The lowest BCUT2D eigenvalue weighted by atomic mass is 10.2. The summed E-state index contributed by atoms with van der Waals surface area (Å²) in [6.45, 7) is 1.52. The first-order valence-corrected chi connectivity index (χ1v) is 7.19. The van der Waals surface area contributed by atoms with E-state index in [9.17, 15) is 4.79 Å². The number of hydrogen-bond donors (Lipinski definition) is 1. The minimum absolute atomic E-state index is 0.120. The second kappa shape index (κ2) is 6.04. The average Bonchev–Trinajstić information content (AvgIpc) is 3.16. The van der Waals surface area contributed by atoms with Gasteiger partial charge in [-0.2, -0.15) is 0 Å². The number of carbonyl (C=O) groups is 1. The van der Waals surface area contributed by atoms with Crippen LogP contribution < -0.4 is 5.32 Å². The molecule has 0 unspecified atom stereocenters. The van der Waals surface area contributed by atoms with Gasteiger partial charge in [0.15, 0.2) is 0 Å². The molecule has 5 heteroatoms. The molecule has 1 saturated carbocycles. The lowest BCUT2D eigenvalue weighted by molar-refractivity contribution is 0.0949. The first-order valence-electron chi connectivity index (χ1n) is 6.02. The molecular weight excluding hydrogens is 316 g/mol. The Hall–Kier alpha value is -0.580. The number of benzene rings is 1. The molecule has 0 aromatic heterocycles. The van der Waals surface area contributed by atoms with Crippen molar-refractivity contribution in [1.29, 1.82) is 0 Å². The molecule has 0 heterocycles. The standard InChI is InChI=1S/C13H16BrClN2O/c1-17(9-5-6-9)8-7-16-13(18)10-3-2-4-11(14)12(10)15/h2-4,9H,5-8H2,1H3,(H,16,18). The van der Waals surface area contributed by atoms with Crippen molar-refractivity contribution in [3.63, 3.8) is 0 Å². The van der Waals surface area contributed by atoms with Crippen molar-refractivity contribution in [2.75, 3.05) is 20.1 Å². The van der Waals surface area contributed by atoms with Crippen LogP contribution in [-0.2, 0) is 0 Å². The van der Waals surface area contributed by atoms with Crippen molar-refractivity contribution in [1.82, 2.24) is 10.2 Å². The number of halogens is 2. The zero-order valence-electron chi connectivity index (χ0n) is 10.2. The number of rotatable bonds is 5. The Morgan fingerprint density at radius 1 is 1.56 bits per heavy atom. The third-order valence-corrected chi connectivity index (χ3v) is 4.41. The summed E-state index contributed by atoms with van der Waals surface area (Å²) in [5.41, 5.74) is 0.514. The van der Waals surface area contributed by atoms with Gasteiger partial charge in [-0.1, -0.05) is 17.7 Å². The Morgan fingerprint density at radius 2 is 2.28 bits per heavy atom. The van der Waals surface area contributed by atoms with Gasteiger partial charge < -0.3 is 10.2 Å². The van der Waals surface area contributed by atoms with Gasteiger partial charge in [-0.25, -0.2) is 0 Å². The van der Waals surface area contributed by atoms with Crippen LogP contribution in [0.1, 0.15) is 23.2 Å². The smallest absolute Gasteiger partial charge is 0.252 e. The Kier molecular flexibility index (Phi) is 4.65. The summed E-state index contributed by atoms with van der Waals surface area (Å²) in [7, 11) is 2.09. The quantitative estimate of drug-likeness (QED) is 0.900. The van der Waals surface area contributed by atoms with Crippen molar-refractivity contribution in [2.45, 2.75) is 18.9 Å². The number of nitrogens with zero attached hydrogens (tertiary/aromatic N) is 1. The topological polar surface area (TPSA) is 32.3 Å². The molecule has 2 rings (SSSR count). The molecule has 0 bridgehead atoms. The summed E-state index contributed by atoms with van der Waals surface area (Å²) in [6.07, 6.45) is 2.56. The summed E-state index contributed by atoms with van der Waals surface area (Å²) in [5.74, 6) is -0.120. The molecule has 0 spiro atoms. The summed E-state index contributed by atoms with van der Waals surface area (Å²) >= 11 is 9.38. The maximum atomic E-state index is 11.9.